The zero-order valence-corrected chi connectivity index (χ0v) is 14.4. The van der Waals surface area contributed by atoms with E-state index in [0.29, 0.717) is 6.42 Å². The summed E-state index contributed by atoms with van der Waals surface area (Å²) in [6, 6.07) is 0. The molecule has 8 heteroatoms. The van der Waals surface area contributed by atoms with E-state index in [2.05, 4.69) is 16.8 Å². The molecule has 2 aromatic heterocycles. The molecule has 0 saturated carbocycles. The summed E-state index contributed by atoms with van der Waals surface area (Å²) < 4.78 is 3.17. The first kappa shape index (κ1) is 17.5. The zero-order valence-electron chi connectivity index (χ0n) is 14.4. The molecule has 0 N–H and O–H groups in total. The summed E-state index contributed by atoms with van der Waals surface area (Å²) in [4.78, 5) is 46.4. The molecule has 0 aromatic carbocycles. The fraction of sp³-hybridized carbons (Fsp3) is 0.500. The van der Waals surface area contributed by atoms with Crippen molar-refractivity contribution in [3.05, 3.63) is 27.2 Å². The van der Waals surface area contributed by atoms with E-state index in [1.807, 2.05) is 6.92 Å². The topological polar surface area (TPSA) is 88.1 Å². The van der Waals surface area contributed by atoms with Gasteiger partial charge in [-0.3, -0.25) is 9.36 Å². The van der Waals surface area contributed by atoms with Gasteiger partial charge < -0.3 is 9.40 Å². The molecule has 2 rings (SSSR count). The van der Waals surface area contributed by atoms with Crippen molar-refractivity contribution in [2.24, 2.45) is 12.5 Å². The maximum absolute atomic E-state index is 12.4. The highest BCUT2D eigenvalue weighted by Crippen LogP contribution is 2.20. The highest BCUT2D eigenvalue weighted by molar-refractivity contribution is 5.77. The Balaban J connectivity index is 2.68. The molecule has 2 aromatic rings. The van der Waals surface area contributed by atoms with Crippen molar-refractivity contribution < 1.29 is 9.63 Å². The van der Waals surface area contributed by atoms with Crippen molar-refractivity contribution in [2.45, 2.75) is 40.7 Å². The lowest BCUT2D eigenvalue weighted by Gasteiger charge is -2.20. The molecular weight excluding hydrogens is 312 g/mol. The van der Waals surface area contributed by atoms with E-state index in [1.54, 1.807) is 20.8 Å². The highest BCUT2D eigenvalue weighted by atomic mass is 16.7. The predicted octanol–water partition coefficient (Wildman–Crippen LogP) is 0.311. The minimum atomic E-state index is -0.767. The van der Waals surface area contributed by atoms with Crippen LogP contribution in [0.3, 0.4) is 0 Å². The van der Waals surface area contributed by atoms with Crippen LogP contribution in [0.1, 0.15) is 34.1 Å². The number of rotatable bonds is 4. The molecule has 0 bridgehead atoms. The first-order valence-corrected chi connectivity index (χ1v) is 7.53. The van der Waals surface area contributed by atoms with E-state index >= 15 is 0 Å². The lowest BCUT2D eigenvalue weighted by molar-refractivity contribution is -0.154. The largest absolute Gasteiger partial charge is 0.366 e. The number of carbonyl (C=O) groups excluding carboxylic acids is 1. The van der Waals surface area contributed by atoms with Gasteiger partial charge in [0.2, 0.25) is 5.65 Å². The second-order valence-electron chi connectivity index (χ2n) is 6.03. The van der Waals surface area contributed by atoms with Crippen LogP contribution in [-0.2, 0) is 18.4 Å². The monoisotopic (exact) mass is 332 g/mol. The molecule has 0 unspecified atom stereocenters. The van der Waals surface area contributed by atoms with E-state index in [4.69, 9.17) is 4.84 Å². The Hall–Kier alpha value is -2.82. The normalized spacial score (nSPS) is 11.2. The number of carbonyl (C=O) groups is 1. The number of aromatic nitrogens is 4. The molecule has 0 atom stereocenters. The van der Waals surface area contributed by atoms with Gasteiger partial charge in [0.05, 0.1) is 18.3 Å². The number of nitrogens with zero attached hydrogens (tertiary/aromatic N) is 4. The van der Waals surface area contributed by atoms with Crippen LogP contribution in [0.25, 0.3) is 11.2 Å². The van der Waals surface area contributed by atoms with Crippen LogP contribution in [-0.4, -0.2) is 24.8 Å². The van der Waals surface area contributed by atoms with Gasteiger partial charge in [0.25, 0.3) is 5.56 Å². The van der Waals surface area contributed by atoms with Crippen molar-refractivity contribution in [2.75, 3.05) is 0 Å². The third-order valence-corrected chi connectivity index (χ3v) is 4.02. The summed E-state index contributed by atoms with van der Waals surface area (Å²) in [6.07, 6.45) is 1.93. The van der Waals surface area contributed by atoms with E-state index in [-0.39, 0.29) is 17.7 Å². The lowest BCUT2D eigenvalue weighted by atomic mass is 9.91. The molecular formula is C16H20N4O4. The van der Waals surface area contributed by atoms with Gasteiger partial charge in [-0.2, -0.15) is 0 Å². The number of hydrogen-bond acceptors (Lipinski definition) is 5. The first-order chi connectivity index (χ1) is 11.2. The minimum Gasteiger partial charge on any atom is -0.329 e. The average Bonchev–Trinajstić information content (AvgIpc) is 2.98. The molecule has 0 aliphatic carbocycles. The van der Waals surface area contributed by atoms with Crippen LogP contribution >= 0.6 is 0 Å². The molecule has 8 nitrogen and oxygen atoms in total. The summed E-state index contributed by atoms with van der Waals surface area (Å²) in [5.41, 5.74) is -1.90. The Bertz CT molecular complexity index is 966. The second-order valence-corrected chi connectivity index (χ2v) is 6.03. The van der Waals surface area contributed by atoms with Gasteiger partial charge in [-0.05, 0) is 27.2 Å². The molecule has 0 fully saturated rings. The molecule has 0 aliphatic heterocycles. The van der Waals surface area contributed by atoms with E-state index in [9.17, 15) is 14.4 Å². The first-order valence-electron chi connectivity index (χ1n) is 7.53. The van der Waals surface area contributed by atoms with E-state index < -0.39 is 22.6 Å². The van der Waals surface area contributed by atoms with Gasteiger partial charge in [-0.15, -0.1) is 5.92 Å². The Morgan fingerprint density at radius 2 is 2.04 bits per heavy atom. The molecule has 128 valence electrons. The summed E-state index contributed by atoms with van der Waals surface area (Å²) in [5, 5.41) is 0. The third kappa shape index (κ3) is 2.85. The Labute approximate surface area is 138 Å². The SMILES string of the molecule is CC#CCn1cnc2c1c(=O)n(C)c(=O)n2OC(=O)C(C)(C)CC. The van der Waals surface area contributed by atoms with Gasteiger partial charge in [-0.1, -0.05) is 17.6 Å². The number of fused-ring (bicyclic) bond motifs is 1. The lowest BCUT2D eigenvalue weighted by Crippen LogP contribution is -2.45. The molecule has 0 radical (unpaired) electrons. The van der Waals surface area contributed by atoms with Crippen molar-refractivity contribution in [3.63, 3.8) is 0 Å². The molecule has 0 amide bonds. The predicted molar refractivity (Wildman–Crippen MR) is 88.3 cm³/mol. The van der Waals surface area contributed by atoms with Crippen molar-refractivity contribution >= 4 is 17.1 Å². The molecule has 2 heterocycles. The number of imidazole rings is 1. The van der Waals surface area contributed by atoms with Gasteiger partial charge in [-0.25, -0.2) is 14.6 Å². The van der Waals surface area contributed by atoms with Crippen LogP contribution in [0.5, 0.6) is 0 Å². The number of hydrogen-bond donors (Lipinski definition) is 0. The third-order valence-electron chi connectivity index (χ3n) is 4.02. The van der Waals surface area contributed by atoms with Crippen LogP contribution in [0.4, 0.5) is 0 Å². The molecule has 0 aliphatic rings. The molecule has 24 heavy (non-hydrogen) atoms. The minimum absolute atomic E-state index is 0.00116. The fourth-order valence-corrected chi connectivity index (χ4v) is 1.93. The summed E-state index contributed by atoms with van der Waals surface area (Å²) in [5.74, 6) is 4.98. The van der Waals surface area contributed by atoms with E-state index in [0.717, 1.165) is 9.30 Å². The Morgan fingerprint density at radius 3 is 2.62 bits per heavy atom. The summed E-state index contributed by atoms with van der Waals surface area (Å²) >= 11 is 0. The zero-order chi connectivity index (χ0) is 18.1. The van der Waals surface area contributed by atoms with Gasteiger partial charge >= 0.3 is 11.7 Å². The second kappa shape index (κ2) is 6.35. The summed E-state index contributed by atoms with van der Waals surface area (Å²) in [6.45, 7) is 7.21. The van der Waals surface area contributed by atoms with Crippen molar-refractivity contribution in [1.29, 1.82) is 0 Å². The molecule has 0 spiro atoms. The van der Waals surface area contributed by atoms with Gasteiger partial charge in [0.1, 0.15) is 0 Å². The van der Waals surface area contributed by atoms with Crippen LogP contribution in [0.2, 0.25) is 0 Å². The Morgan fingerprint density at radius 1 is 1.38 bits per heavy atom. The van der Waals surface area contributed by atoms with Gasteiger partial charge in [0.15, 0.2) is 5.52 Å². The smallest absolute Gasteiger partial charge is 0.329 e. The standard InChI is InChI=1S/C16H20N4O4/c1-6-8-9-19-10-17-12-11(19)13(21)18(5)15(23)20(12)24-14(22)16(3,4)7-2/h10H,7,9H2,1-5H3. The maximum Gasteiger partial charge on any atom is 0.366 e. The Kier molecular flexibility index (Phi) is 4.64. The van der Waals surface area contributed by atoms with Crippen LogP contribution < -0.4 is 16.1 Å². The van der Waals surface area contributed by atoms with Crippen molar-refractivity contribution in [1.82, 2.24) is 18.8 Å². The summed E-state index contributed by atoms with van der Waals surface area (Å²) in [7, 11) is 1.32. The van der Waals surface area contributed by atoms with Crippen molar-refractivity contribution in [3.8, 4) is 11.8 Å². The highest BCUT2D eigenvalue weighted by Gasteiger charge is 2.30. The van der Waals surface area contributed by atoms with E-state index in [1.165, 1.54) is 17.9 Å². The average molecular weight is 332 g/mol. The molecule has 0 saturated heterocycles. The van der Waals surface area contributed by atoms with Crippen LogP contribution in [0, 0.1) is 17.3 Å². The maximum atomic E-state index is 12.4. The fourth-order valence-electron chi connectivity index (χ4n) is 1.93. The quantitative estimate of drug-likeness (QED) is 0.752. The van der Waals surface area contributed by atoms with Crippen LogP contribution in [0.15, 0.2) is 15.9 Å². The van der Waals surface area contributed by atoms with Gasteiger partial charge in [0, 0.05) is 7.05 Å².